The monoisotopic (exact) mass is 370 g/mol. The first-order valence-corrected chi connectivity index (χ1v) is 9.10. The first-order chi connectivity index (χ1) is 13.2. The van der Waals surface area contributed by atoms with Crippen molar-refractivity contribution in [2.75, 3.05) is 47.1 Å². The van der Waals surface area contributed by atoms with Gasteiger partial charge in [-0.15, -0.1) is 0 Å². The van der Waals surface area contributed by atoms with E-state index < -0.39 is 0 Å². The summed E-state index contributed by atoms with van der Waals surface area (Å²) in [6, 6.07) is 15.1. The Morgan fingerprint density at radius 1 is 1.07 bits per heavy atom. The van der Waals surface area contributed by atoms with Gasteiger partial charge < -0.3 is 19.5 Å². The lowest BCUT2D eigenvalue weighted by atomic mass is 10.0. The fourth-order valence-electron chi connectivity index (χ4n) is 3.30. The van der Waals surface area contributed by atoms with Gasteiger partial charge in [0, 0.05) is 30.8 Å². The van der Waals surface area contributed by atoms with Crippen LogP contribution in [0.4, 0.5) is 0 Å². The molecule has 27 heavy (non-hydrogen) atoms. The largest absolute Gasteiger partial charge is 0.497 e. The Morgan fingerprint density at radius 2 is 1.78 bits per heavy atom. The molecule has 144 valence electrons. The Bertz CT molecular complexity index is 742. The van der Waals surface area contributed by atoms with Crippen LogP contribution in [0.2, 0.25) is 0 Å². The number of hydrogen-bond donors (Lipinski definition) is 1. The number of morpholine rings is 1. The summed E-state index contributed by atoms with van der Waals surface area (Å²) in [6.07, 6.45) is 0. The highest BCUT2D eigenvalue weighted by Gasteiger charge is 2.25. The number of benzene rings is 2. The third kappa shape index (κ3) is 4.78. The molecule has 1 aliphatic rings. The first-order valence-electron chi connectivity index (χ1n) is 9.10. The van der Waals surface area contributed by atoms with Crippen LogP contribution in [0.1, 0.15) is 22.0 Å². The fourth-order valence-corrected chi connectivity index (χ4v) is 3.30. The van der Waals surface area contributed by atoms with E-state index >= 15 is 0 Å². The van der Waals surface area contributed by atoms with Crippen LogP contribution in [0.15, 0.2) is 48.5 Å². The standard InChI is InChI=1S/C21H26N2O4/c1-25-17-9-7-16(8-10-17)21(24)22-15-19(23-11-13-27-14-12-23)18-5-3-4-6-20(18)26-2/h3-10,19H,11-15H2,1-2H3,(H,22,24). The molecule has 0 saturated carbocycles. The molecule has 0 spiro atoms. The molecular weight excluding hydrogens is 344 g/mol. The molecule has 1 atom stereocenters. The van der Waals surface area contributed by atoms with Crippen LogP contribution in [-0.4, -0.2) is 57.9 Å². The molecular formula is C21H26N2O4. The molecule has 1 aliphatic heterocycles. The molecule has 1 N–H and O–H groups in total. The Labute approximate surface area is 160 Å². The van der Waals surface area contributed by atoms with E-state index in [0.717, 1.165) is 30.2 Å². The minimum atomic E-state index is -0.106. The normalized spacial score (nSPS) is 15.8. The van der Waals surface area contributed by atoms with Gasteiger partial charge in [-0.25, -0.2) is 0 Å². The molecule has 3 rings (SSSR count). The quantitative estimate of drug-likeness (QED) is 0.812. The average Bonchev–Trinajstić information content (AvgIpc) is 2.75. The van der Waals surface area contributed by atoms with Crippen LogP contribution in [0.3, 0.4) is 0 Å². The van der Waals surface area contributed by atoms with Crippen molar-refractivity contribution in [3.05, 3.63) is 59.7 Å². The molecule has 1 unspecified atom stereocenters. The van der Waals surface area contributed by atoms with Crippen molar-refractivity contribution in [1.82, 2.24) is 10.2 Å². The number of methoxy groups -OCH3 is 2. The van der Waals surface area contributed by atoms with Gasteiger partial charge in [0.25, 0.3) is 5.91 Å². The number of carbonyl (C=O) groups is 1. The summed E-state index contributed by atoms with van der Waals surface area (Å²) in [5, 5.41) is 3.07. The zero-order valence-electron chi connectivity index (χ0n) is 15.8. The minimum Gasteiger partial charge on any atom is -0.497 e. The zero-order chi connectivity index (χ0) is 19.1. The SMILES string of the molecule is COc1ccc(C(=O)NCC(c2ccccc2OC)N2CCOCC2)cc1. The molecule has 6 heteroatoms. The number of nitrogens with zero attached hydrogens (tertiary/aromatic N) is 1. The van der Waals surface area contributed by atoms with Crippen molar-refractivity contribution in [2.45, 2.75) is 6.04 Å². The van der Waals surface area contributed by atoms with E-state index in [1.165, 1.54) is 0 Å². The predicted octanol–water partition coefficient (Wildman–Crippen LogP) is 2.51. The Hall–Kier alpha value is -2.57. The molecule has 1 saturated heterocycles. The minimum absolute atomic E-state index is 0.0206. The second kappa shape index (κ2) is 9.39. The lowest BCUT2D eigenvalue weighted by molar-refractivity contribution is 0.0157. The Morgan fingerprint density at radius 3 is 2.44 bits per heavy atom. The van der Waals surface area contributed by atoms with E-state index in [-0.39, 0.29) is 11.9 Å². The smallest absolute Gasteiger partial charge is 0.251 e. The average molecular weight is 370 g/mol. The third-order valence-electron chi connectivity index (χ3n) is 4.79. The Balaban J connectivity index is 1.75. The number of rotatable bonds is 7. The molecule has 2 aromatic carbocycles. The molecule has 2 aromatic rings. The maximum atomic E-state index is 12.6. The van der Waals surface area contributed by atoms with Crippen LogP contribution in [0.25, 0.3) is 0 Å². The highest BCUT2D eigenvalue weighted by atomic mass is 16.5. The fraction of sp³-hybridized carbons (Fsp3) is 0.381. The van der Waals surface area contributed by atoms with Crippen LogP contribution < -0.4 is 14.8 Å². The number of hydrogen-bond acceptors (Lipinski definition) is 5. The highest BCUT2D eigenvalue weighted by Crippen LogP contribution is 2.29. The van der Waals surface area contributed by atoms with Crippen molar-refractivity contribution in [3.63, 3.8) is 0 Å². The van der Waals surface area contributed by atoms with E-state index in [1.54, 1.807) is 38.5 Å². The highest BCUT2D eigenvalue weighted by molar-refractivity contribution is 5.94. The number of ether oxygens (including phenoxy) is 3. The summed E-state index contributed by atoms with van der Waals surface area (Å²) in [6.45, 7) is 3.52. The van der Waals surface area contributed by atoms with Gasteiger partial charge >= 0.3 is 0 Å². The second-order valence-corrected chi connectivity index (χ2v) is 6.34. The number of nitrogens with one attached hydrogen (secondary N) is 1. The van der Waals surface area contributed by atoms with Crippen molar-refractivity contribution >= 4 is 5.91 Å². The third-order valence-corrected chi connectivity index (χ3v) is 4.79. The van der Waals surface area contributed by atoms with Gasteiger partial charge in [0.2, 0.25) is 0 Å². The molecule has 0 aliphatic carbocycles. The van der Waals surface area contributed by atoms with Crippen LogP contribution in [0, 0.1) is 0 Å². The first kappa shape index (κ1) is 19.2. The van der Waals surface area contributed by atoms with Crippen LogP contribution in [-0.2, 0) is 4.74 Å². The van der Waals surface area contributed by atoms with Crippen molar-refractivity contribution < 1.29 is 19.0 Å². The Kier molecular flexibility index (Phi) is 6.68. The number of para-hydroxylation sites is 1. The molecule has 0 radical (unpaired) electrons. The lowest BCUT2D eigenvalue weighted by Gasteiger charge is -2.35. The number of carbonyl (C=O) groups excluding carboxylic acids is 1. The molecule has 1 heterocycles. The summed E-state index contributed by atoms with van der Waals surface area (Å²) in [4.78, 5) is 14.9. The lowest BCUT2D eigenvalue weighted by Crippen LogP contribution is -2.44. The molecule has 0 aromatic heterocycles. The zero-order valence-corrected chi connectivity index (χ0v) is 15.8. The second-order valence-electron chi connectivity index (χ2n) is 6.34. The topological polar surface area (TPSA) is 60.0 Å². The van der Waals surface area contributed by atoms with E-state index in [9.17, 15) is 4.79 Å². The maximum absolute atomic E-state index is 12.6. The summed E-state index contributed by atoms with van der Waals surface area (Å²) < 4.78 is 16.2. The van der Waals surface area contributed by atoms with Gasteiger partial charge in [0.1, 0.15) is 11.5 Å². The molecule has 1 amide bonds. The van der Waals surface area contributed by atoms with Crippen LogP contribution >= 0.6 is 0 Å². The van der Waals surface area contributed by atoms with E-state index in [0.29, 0.717) is 25.3 Å². The van der Waals surface area contributed by atoms with E-state index in [4.69, 9.17) is 14.2 Å². The van der Waals surface area contributed by atoms with Crippen molar-refractivity contribution in [3.8, 4) is 11.5 Å². The number of amides is 1. The maximum Gasteiger partial charge on any atom is 0.251 e. The summed E-state index contributed by atoms with van der Waals surface area (Å²) >= 11 is 0. The van der Waals surface area contributed by atoms with Crippen LogP contribution in [0.5, 0.6) is 11.5 Å². The molecule has 6 nitrogen and oxygen atoms in total. The van der Waals surface area contributed by atoms with Crippen molar-refractivity contribution in [1.29, 1.82) is 0 Å². The summed E-state index contributed by atoms with van der Waals surface area (Å²) in [5.41, 5.74) is 1.67. The van der Waals surface area contributed by atoms with E-state index in [1.807, 2.05) is 18.2 Å². The van der Waals surface area contributed by atoms with Crippen molar-refractivity contribution in [2.24, 2.45) is 0 Å². The summed E-state index contributed by atoms with van der Waals surface area (Å²) in [5.74, 6) is 1.45. The van der Waals surface area contributed by atoms with Gasteiger partial charge in [0.05, 0.1) is 33.5 Å². The van der Waals surface area contributed by atoms with Gasteiger partial charge in [-0.3, -0.25) is 9.69 Å². The van der Waals surface area contributed by atoms with Gasteiger partial charge in [0.15, 0.2) is 0 Å². The van der Waals surface area contributed by atoms with Gasteiger partial charge in [-0.2, -0.15) is 0 Å². The van der Waals surface area contributed by atoms with Gasteiger partial charge in [-0.05, 0) is 30.3 Å². The predicted molar refractivity (Wildman–Crippen MR) is 103 cm³/mol. The summed E-state index contributed by atoms with van der Waals surface area (Å²) in [7, 11) is 3.28. The van der Waals surface area contributed by atoms with Gasteiger partial charge in [-0.1, -0.05) is 18.2 Å². The molecule has 0 bridgehead atoms. The van der Waals surface area contributed by atoms with E-state index in [2.05, 4.69) is 16.3 Å². The molecule has 1 fully saturated rings.